The fraction of sp³-hybridized carbons (Fsp3) is 0.263. The largest absolute Gasteiger partial charge is 0.459 e. The van der Waals surface area contributed by atoms with E-state index in [2.05, 4.69) is 5.38 Å². The SMILES string of the molecule is O=C(c1ccco1)N1CC[NH+](Cc2csc(-c3ccccc3Cl)n2)CC1. The highest BCUT2D eigenvalue weighted by Crippen LogP contribution is 2.29. The molecule has 26 heavy (non-hydrogen) atoms. The van der Waals surface area contributed by atoms with Gasteiger partial charge in [-0.3, -0.25) is 4.79 Å². The van der Waals surface area contributed by atoms with Gasteiger partial charge in [-0.25, -0.2) is 4.98 Å². The molecular weight excluding hydrogens is 370 g/mol. The van der Waals surface area contributed by atoms with Crippen LogP contribution in [0.2, 0.25) is 5.02 Å². The van der Waals surface area contributed by atoms with Crippen LogP contribution in [0, 0.1) is 0 Å². The van der Waals surface area contributed by atoms with Crippen LogP contribution in [-0.2, 0) is 6.54 Å². The molecule has 1 aliphatic heterocycles. The lowest BCUT2D eigenvalue weighted by molar-refractivity contribution is -0.917. The zero-order valence-electron chi connectivity index (χ0n) is 14.2. The fourth-order valence-electron chi connectivity index (χ4n) is 3.16. The summed E-state index contributed by atoms with van der Waals surface area (Å²) in [5.41, 5.74) is 2.06. The predicted molar refractivity (Wildman–Crippen MR) is 102 cm³/mol. The van der Waals surface area contributed by atoms with Crippen molar-refractivity contribution in [3.05, 3.63) is 64.5 Å². The molecule has 5 nitrogen and oxygen atoms in total. The first-order chi connectivity index (χ1) is 12.7. The van der Waals surface area contributed by atoms with Gasteiger partial charge in [-0.05, 0) is 18.2 Å². The Kier molecular flexibility index (Phi) is 5.06. The second-order valence-corrected chi connectivity index (χ2v) is 7.59. The van der Waals surface area contributed by atoms with Crippen LogP contribution in [0.5, 0.6) is 0 Å². The molecule has 1 fully saturated rings. The highest BCUT2D eigenvalue weighted by molar-refractivity contribution is 7.13. The summed E-state index contributed by atoms with van der Waals surface area (Å²) in [5.74, 6) is 0.390. The Labute approximate surface area is 160 Å². The molecule has 0 spiro atoms. The number of carbonyl (C=O) groups is 1. The summed E-state index contributed by atoms with van der Waals surface area (Å²) < 4.78 is 5.21. The molecule has 3 aromatic rings. The third-order valence-electron chi connectivity index (χ3n) is 4.58. The molecule has 0 atom stereocenters. The fourth-order valence-corrected chi connectivity index (χ4v) is 4.30. The monoisotopic (exact) mass is 388 g/mol. The Hall–Kier alpha value is -2.15. The normalized spacial score (nSPS) is 15.3. The van der Waals surface area contributed by atoms with Gasteiger partial charge < -0.3 is 14.2 Å². The molecule has 0 aliphatic carbocycles. The smallest absolute Gasteiger partial charge is 0.289 e. The average molecular weight is 389 g/mol. The van der Waals surface area contributed by atoms with Gasteiger partial charge >= 0.3 is 0 Å². The van der Waals surface area contributed by atoms with Gasteiger partial charge in [-0.15, -0.1) is 11.3 Å². The molecule has 1 aromatic carbocycles. The maximum absolute atomic E-state index is 12.3. The zero-order valence-corrected chi connectivity index (χ0v) is 15.7. The maximum Gasteiger partial charge on any atom is 0.289 e. The van der Waals surface area contributed by atoms with Gasteiger partial charge in [0, 0.05) is 10.9 Å². The number of rotatable bonds is 4. The van der Waals surface area contributed by atoms with Crippen molar-refractivity contribution in [2.24, 2.45) is 0 Å². The van der Waals surface area contributed by atoms with E-state index in [1.807, 2.05) is 29.2 Å². The number of thiazole rings is 1. The maximum atomic E-state index is 12.3. The third-order valence-corrected chi connectivity index (χ3v) is 5.83. The van der Waals surface area contributed by atoms with Crippen molar-refractivity contribution in [3.8, 4) is 10.6 Å². The van der Waals surface area contributed by atoms with Crippen LogP contribution in [-0.4, -0.2) is 42.0 Å². The first-order valence-corrected chi connectivity index (χ1v) is 9.82. The van der Waals surface area contributed by atoms with Crippen LogP contribution in [0.1, 0.15) is 16.2 Å². The molecule has 0 radical (unpaired) electrons. The number of carbonyl (C=O) groups excluding carboxylic acids is 1. The Bertz CT molecular complexity index is 886. The minimum Gasteiger partial charge on any atom is -0.459 e. The highest BCUT2D eigenvalue weighted by Gasteiger charge is 2.26. The van der Waals surface area contributed by atoms with Crippen molar-refractivity contribution < 1.29 is 14.1 Å². The Morgan fingerprint density at radius 2 is 2.04 bits per heavy atom. The molecule has 2 aromatic heterocycles. The van der Waals surface area contributed by atoms with Gasteiger partial charge in [0.15, 0.2) is 5.76 Å². The molecule has 4 rings (SSSR count). The van der Waals surface area contributed by atoms with Crippen molar-refractivity contribution in [1.82, 2.24) is 9.88 Å². The average Bonchev–Trinajstić information content (AvgIpc) is 3.34. The van der Waals surface area contributed by atoms with E-state index in [1.54, 1.807) is 23.5 Å². The minimum absolute atomic E-state index is 0.0243. The van der Waals surface area contributed by atoms with E-state index in [0.717, 1.165) is 54.0 Å². The summed E-state index contributed by atoms with van der Waals surface area (Å²) in [7, 11) is 0. The van der Waals surface area contributed by atoms with Crippen LogP contribution in [0.3, 0.4) is 0 Å². The van der Waals surface area contributed by atoms with Gasteiger partial charge in [-0.1, -0.05) is 29.8 Å². The number of halogens is 1. The van der Waals surface area contributed by atoms with Crippen LogP contribution < -0.4 is 4.90 Å². The Balaban J connectivity index is 1.35. The Morgan fingerprint density at radius 3 is 2.77 bits per heavy atom. The number of hydrogen-bond donors (Lipinski definition) is 1. The summed E-state index contributed by atoms with van der Waals surface area (Å²) in [5, 5.41) is 3.79. The van der Waals surface area contributed by atoms with E-state index in [-0.39, 0.29) is 5.91 Å². The van der Waals surface area contributed by atoms with Crippen molar-refractivity contribution in [2.45, 2.75) is 6.54 Å². The molecule has 0 unspecified atom stereocenters. The van der Waals surface area contributed by atoms with Crippen LogP contribution >= 0.6 is 22.9 Å². The predicted octanol–water partition coefficient (Wildman–Crippen LogP) is 2.60. The van der Waals surface area contributed by atoms with Crippen molar-refractivity contribution in [2.75, 3.05) is 26.2 Å². The quantitative estimate of drug-likeness (QED) is 0.747. The lowest BCUT2D eigenvalue weighted by atomic mass is 10.2. The van der Waals surface area contributed by atoms with Gasteiger partial charge in [0.2, 0.25) is 0 Å². The number of furan rings is 1. The summed E-state index contributed by atoms with van der Waals surface area (Å²) in [4.78, 5) is 20.4. The van der Waals surface area contributed by atoms with E-state index in [1.165, 1.54) is 11.2 Å². The number of amides is 1. The summed E-state index contributed by atoms with van der Waals surface area (Å²) in [6.07, 6.45) is 1.54. The first kappa shape index (κ1) is 17.3. The Morgan fingerprint density at radius 1 is 1.23 bits per heavy atom. The van der Waals surface area contributed by atoms with Crippen LogP contribution in [0.4, 0.5) is 0 Å². The molecule has 0 saturated carbocycles. The minimum atomic E-state index is -0.0243. The van der Waals surface area contributed by atoms with Gasteiger partial charge in [0.05, 0.1) is 37.5 Å². The summed E-state index contributed by atoms with van der Waals surface area (Å²) in [6.45, 7) is 4.15. The molecular formula is C19H19ClN3O2S+. The van der Waals surface area contributed by atoms with Gasteiger partial charge in [0.25, 0.3) is 5.91 Å². The summed E-state index contributed by atoms with van der Waals surface area (Å²) in [6, 6.07) is 11.2. The molecule has 0 bridgehead atoms. The number of aromatic nitrogens is 1. The number of piperazine rings is 1. The number of hydrogen-bond acceptors (Lipinski definition) is 4. The van der Waals surface area contributed by atoms with Gasteiger partial charge in [-0.2, -0.15) is 0 Å². The molecule has 1 N–H and O–H groups in total. The number of benzene rings is 1. The molecule has 1 aliphatic rings. The number of quaternary nitrogens is 1. The van der Waals surface area contributed by atoms with E-state index in [4.69, 9.17) is 21.0 Å². The molecule has 3 heterocycles. The lowest BCUT2D eigenvalue weighted by Gasteiger charge is -2.31. The molecule has 1 amide bonds. The topological polar surface area (TPSA) is 50.8 Å². The van der Waals surface area contributed by atoms with E-state index >= 15 is 0 Å². The number of nitrogens with one attached hydrogen (secondary N) is 1. The van der Waals surface area contributed by atoms with Crippen LogP contribution in [0.15, 0.2) is 52.5 Å². The van der Waals surface area contributed by atoms with Crippen molar-refractivity contribution >= 4 is 28.8 Å². The second-order valence-electron chi connectivity index (χ2n) is 6.32. The first-order valence-electron chi connectivity index (χ1n) is 8.56. The van der Waals surface area contributed by atoms with E-state index in [0.29, 0.717) is 5.76 Å². The standard InChI is InChI=1S/C19H18ClN3O2S/c20-16-5-2-1-4-15(16)18-21-14(13-26-18)12-22-7-9-23(10-8-22)19(24)17-6-3-11-25-17/h1-6,11,13H,7-10,12H2/p+1. The van der Waals surface area contributed by atoms with Crippen molar-refractivity contribution in [1.29, 1.82) is 0 Å². The lowest BCUT2D eigenvalue weighted by Crippen LogP contribution is -3.13. The van der Waals surface area contributed by atoms with E-state index < -0.39 is 0 Å². The zero-order chi connectivity index (χ0) is 17.9. The van der Waals surface area contributed by atoms with Crippen molar-refractivity contribution in [3.63, 3.8) is 0 Å². The van der Waals surface area contributed by atoms with Gasteiger partial charge in [0.1, 0.15) is 17.2 Å². The summed E-state index contributed by atoms with van der Waals surface area (Å²) >= 11 is 7.89. The molecule has 7 heteroatoms. The van der Waals surface area contributed by atoms with E-state index in [9.17, 15) is 4.79 Å². The molecule has 134 valence electrons. The number of nitrogens with zero attached hydrogens (tertiary/aromatic N) is 2. The van der Waals surface area contributed by atoms with Crippen LogP contribution in [0.25, 0.3) is 10.6 Å². The highest BCUT2D eigenvalue weighted by atomic mass is 35.5. The molecule has 1 saturated heterocycles. The third kappa shape index (κ3) is 3.67. The second kappa shape index (κ2) is 7.61.